The van der Waals surface area contributed by atoms with E-state index in [1.54, 1.807) is 16.7 Å². The van der Waals surface area contributed by atoms with Gasteiger partial charge in [0, 0.05) is 55.1 Å². The van der Waals surface area contributed by atoms with Crippen molar-refractivity contribution in [2.24, 2.45) is 0 Å². The van der Waals surface area contributed by atoms with Crippen LogP contribution in [0.4, 0.5) is 0 Å². The van der Waals surface area contributed by atoms with Crippen LogP contribution in [0.15, 0.2) is 59.0 Å². The van der Waals surface area contributed by atoms with Gasteiger partial charge in [-0.25, -0.2) is 0 Å². The zero-order chi connectivity index (χ0) is 22.8. The van der Waals surface area contributed by atoms with Crippen molar-refractivity contribution in [2.45, 2.75) is 37.7 Å². The van der Waals surface area contributed by atoms with Crippen LogP contribution in [0.25, 0.3) is 11.0 Å². The van der Waals surface area contributed by atoms with Gasteiger partial charge in [0.15, 0.2) is 0 Å². The van der Waals surface area contributed by atoms with E-state index in [0.717, 1.165) is 42.0 Å². The summed E-state index contributed by atoms with van der Waals surface area (Å²) in [5.74, 6) is 2.42. The number of hydrogen-bond donors (Lipinski definition) is 1. The van der Waals surface area contributed by atoms with E-state index in [2.05, 4.69) is 35.3 Å². The topological polar surface area (TPSA) is 65.8 Å². The molecule has 0 bridgehead atoms. The van der Waals surface area contributed by atoms with Gasteiger partial charge in [-0.3, -0.25) is 14.5 Å². The van der Waals surface area contributed by atoms with Crippen LogP contribution in [0.3, 0.4) is 0 Å². The van der Waals surface area contributed by atoms with E-state index in [1.807, 2.05) is 36.4 Å². The highest BCUT2D eigenvalue weighted by molar-refractivity contribution is 7.98. The molecule has 2 atom stereocenters. The monoisotopic (exact) mass is 463 g/mol. The van der Waals surface area contributed by atoms with Crippen LogP contribution in [0.1, 0.15) is 23.8 Å². The molecular formula is C26H29N3O3S. The van der Waals surface area contributed by atoms with Crippen LogP contribution in [-0.2, 0) is 28.3 Å². The van der Waals surface area contributed by atoms with Gasteiger partial charge in [-0.2, -0.15) is 11.8 Å². The second-order valence-electron chi connectivity index (χ2n) is 8.70. The number of rotatable bonds is 7. The first-order chi connectivity index (χ1) is 16.1. The van der Waals surface area contributed by atoms with Crippen molar-refractivity contribution < 1.29 is 14.0 Å². The maximum Gasteiger partial charge on any atom is 0.246 e. The highest BCUT2D eigenvalue weighted by atomic mass is 32.2. The second kappa shape index (κ2) is 9.61. The third kappa shape index (κ3) is 4.52. The largest absolute Gasteiger partial charge is 0.461 e. The summed E-state index contributed by atoms with van der Waals surface area (Å²) < 4.78 is 6.05. The van der Waals surface area contributed by atoms with Gasteiger partial charge >= 0.3 is 0 Å². The smallest absolute Gasteiger partial charge is 0.246 e. The Balaban J connectivity index is 1.22. The standard InChI is InChI=1S/C26H29N3O3S/c1-2-23-20(19-10-6-7-11-24(19)32-23)14-28-12-13-29-22(15-28)25(30)27-21(26(29)31)17-33-16-18-8-4-3-5-9-18/h3-11,21-22H,2,12-17H2,1H3,(H,27,30). The van der Waals surface area contributed by atoms with Crippen molar-refractivity contribution in [3.05, 3.63) is 71.5 Å². The van der Waals surface area contributed by atoms with Gasteiger partial charge in [-0.15, -0.1) is 0 Å². The summed E-state index contributed by atoms with van der Waals surface area (Å²) in [7, 11) is 0. The van der Waals surface area contributed by atoms with Crippen molar-refractivity contribution in [1.82, 2.24) is 15.1 Å². The molecule has 3 aromatic rings. The molecule has 2 aliphatic rings. The fourth-order valence-electron chi connectivity index (χ4n) is 4.81. The van der Waals surface area contributed by atoms with E-state index in [4.69, 9.17) is 4.42 Å². The maximum atomic E-state index is 13.1. The minimum absolute atomic E-state index is 0.0441. The van der Waals surface area contributed by atoms with Crippen molar-refractivity contribution in [2.75, 3.05) is 25.4 Å². The number of nitrogens with one attached hydrogen (secondary N) is 1. The molecule has 0 radical (unpaired) electrons. The Morgan fingerprint density at radius 3 is 2.67 bits per heavy atom. The van der Waals surface area contributed by atoms with E-state index in [0.29, 0.717) is 18.8 Å². The molecule has 0 spiro atoms. The Morgan fingerprint density at radius 2 is 1.85 bits per heavy atom. The molecule has 2 fully saturated rings. The first-order valence-electron chi connectivity index (χ1n) is 11.6. The quantitative estimate of drug-likeness (QED) is 0.582. The molecule has 2 saturated heterocycles. The number of carbonyl (C=O) groups is 2. The normalized spacial score (nSPS) is 21.3. The molecule has 5 rings (SSSR count). The number of hydrogen-bond acceptors (Lipinski definition) is 5. The van der Waals surface area contributed by atoms with Gasteiger partial charge in [0.2, 0.25) is 11.8 Å². The Morgan fingerprint density at radius 1 is 1.06 bits per heavy atom. The molecule has 2 aliphatic heterocycles. The molecule has 2 amide bonds. The van der Waals surface area contributed by atoms with Crippen molar-refractivity contribution in [3.8, 4) is 0 Å². The highest BCUT2D eigenvalue weighted by Gasteiger charge is 2.43. The maximum absolute atomic E-state index is 13.1. The van der Waals surface area contributed by atoms with Gasteiger partial charge < -0.3 is 14.6 Å². The lowest BCUT2D eigenvalue weighted by atomic mass is 10.0. The molecule has 3 heterocycles. The number of nitrogens with zero attached hydrogens (tertiary/aromatic N) is 2. The van der Waals surface area contributed by atoms with E-state index in [9.17, 15) is 9.59 Å². The third-order valence-electron chi connectivity index (χ3n) is 6.55. The van der Waals surface area contributed by atoms with Crippen molar-refractivity contribution in [3.63, 3.8) is 0 Å². The number of aryl methyl sites for hydroxylation is 1. The summed E-state index contributed by atoms with van der Waals surface area (Å²) in [6, 6.07) is 17.4. The first-order valence-corrected chi connectivity index (χ1v) is 12.7. The molecule has 0 aliphatic carbocycles. The molecule has 0 saturated carbocycles. The SMILES string of the molecule is CCc1oc2ccccc2c1CN1CCN2C(=O)C(CSCc3ccccc3)NC(=O)C2C1. The minimum Gasteiger partial charge on any atom is -0.461 e. The summed E-state index contributed by atoms with van der Waals surface area (Å²) in [5.41, 5.74) is 3.32. The molecule has 7 heteroatoms. The van der Waals surface area contributed by atoms with Crippen LogP contribution < -0.4 is 5.32 Å². The number of benzene rings is 2. The van der Waals surface area contributed by atoms with Gasteiger partial charge in [0.05, 0.1) is 0 Å². The predicted molar refractivity (Wildman–Crippen MR) is 131 cm³/mol. The van der Waals surface area contributed by atoms with Crippen molar-refractivity contribution in [1.29, 1.82) is 0 Å². The van der Waals surface area contributed by atoms with Crippen molar-refractivity contribution >= 4 is 34.5 Å². The summed E-state index contributed by atoms with van der Waals surface area (Å²) in [6.07, 6.45) is 0.828. The summed E-state index contributed by atoms with van der Waals surface area (Å²) in [4.78, 5) is 30.1. The Hall–Kier alpha value is -2.77. The van der Waals surface area contributed by atoms with Crippen LogP contribution >= 0.6 is 11.8 Å². The second-order valence-corrected chi connectivity index (χ2v) is 9.73. The summed E-state index contributed by atoms with van der Waals surface area (Å²) >= 11 is 1.68. The first kappa shape index (κ1) is 22.0. The van der Waals surface area contributed by atoms with Crippen LogP contribution in [-0.4, -0.2) is 59.1 Å². The lowest BCUT2D eigenvalue weighted by Crippen LogP contribution is -2.69. The van der Waals surface area contributed by atoms with E-state index < -0.39 is 12.1 Å². The predicted octanol–water partition coefficient (Wildman–Crippen LogP) is 3.44. The zero-order valence-electron chi connectivity index (χ0n) is 18.8. The third-order valence-corrected chi connectivity index (χ3v) is 7.65. The number of thioether (sulfide) groups is 1. The van der Waals surface area contributed by atoms with E-state index in [-0.39, 0.29) is 11.8 Å². The molecule has 1 aromatic heterocycles. The molecule has 172 valence electrons. The number of fused-ring (bicyclic) bond motifs is 2. The lowest BCUT2D eigenvalue weighted by molar-refractivity contribution is -0.152. The Bertz CT molecular complexity index is 1150. The van der Waals surface area contributed by atoms with Gasteiger partial charge in [-0.05, 0) is 11.6 Å². The number of para-hydroxylation sites is 1. The summed E-state index contributed by atoms with van der Waals surface area (Å²) in [5, 5.41) is 4.12. The van der Waals surface area contributed by atoms with E-state index >= 15 is 0 Å². The molecule has 2 unspecified atom stereocenters. The van der Waals surface area contributed by atoms with Gasteiger partial charge in [-0.1, -0.05) is 55.5 Å². The van der Waals surface area contributed by atoms with Crippen LogP contribution in [0.2, 0.25) is 0 Å². The molecular weight excluding hydrogens is 434 g/mol. The zero-order valence-corrected chi connectivity index (χ0v) is 19.6. The van der Waals surface area contributed by atoms with Crippen LogP contribution in [0, 0.1) is 0 Å². The van der Waals surface area contributed by atoms with E-state index in [1.165, 1.54) is 11.1 Å². The average Bonchev–Trinajstić information content (AvgIpc) is 3.20. The number of furan rings is 1. The average molecular weight is 464 g/mol. The summed E-state index contributed by atoms with van der Waals surface area (Å²) in [6.45, 7) is 4.70. The fraction of sp³-hybridized carbons (Fsp3) is 0.385. The number of carbonyl (C=O) groups excluding carboxylic acids is 2. The van der Waals surface area contributed by atoms with Crippen LogP contribution in [0.5, 0.6) is 0 Å². The number of piperazine rings is 2. The minimum atomic E-state index is -0.446. The lowest BCUT2D eigenvalue weighted by Gasteiger charge is -2.45. The van der Waals surface area contributed by atoms with Gasteiger partial charge in [0.1, 0.15) is 23.4 Å². The van der Waals surface area contributed by atoms with Gasteiger partial charge in [0.25, 0.3) is 0 Å². The highest BCUT2D eigenvalue weighted by Crippen LogP contribution is 2.29. The number of amides is 2. The molecule has 6 nitrogen and oxygen atoms in total. The molecule has 33 heavy (non-hydrogen) atoms. The Kier molecular flexibility index (Phi) is 6.42. The fourth-order valence-corrected chi connectivity index (χ4v) is 5.82. The Labute approximate surface area is 198 Å². The molecule has 1 N–H and O–H groups in total. The molecule has 2 aromatic carbocycles.